The maximum absolute atomic E-state index is 13.0. The van der Waals surface area contributed by atoms with Crippen molar-refractivity contribution in [2.75, 3.05) is 0 Å². The summed E-state index contributed by atoms with van der Waals surface area (Å²) in [6.45, 7) is 1.88. The molecule has 2 aliphatic rings. The molecule has 0 radical (unpaired) electrons. The van der Waals surface area contributed by atoms with Crippen molar-refractivity contribution in [3.8, 4) is 0 Å². The lowest BCUT2D eigenvalue weighted by Gasteiger charge is -2.34. The average Bonchev–Trinajstić information content (AvgIpc) is 2.94. The Hall–Kier alpha value is -1.84. The van der Waals surface area contributed by atoms with Gasteiger partial charge in [-0.25, -0.2) is 4.79 Å². The predicted octanol–water partition coefficient (Wildman–Crippen LogP) is 3.03. The van der Waals surface area contributed by atoms with Crippen LogP contribution < -0.4 is 0 Å². The predicted molar refractivity (Wildman–Crippen MR) is 83.5 cm³/mol. The van der Waals surface area contributed by atoms with Crippen LogP contribution in [0.5, 0.6) is 0 Å². The van der Waals surface area contributed by atoms with Gasteiger partial charge in [0.2, 0.25) is 5.91 Å². The molecule has 1 N–H and O–H groups in total. The van der Waals surface area contributed by atoms with E-state index in [2.05, 4.69) is 0 Å². The maximum atomic E-state index is 13.0. The van der Waals surface area contributed by atoms with Crippen molar-refractivity contribution < 1.29 is 14.7 Å². The van der Waals surface area contributed by atoms with Crippen LogP contribution in [0.3, 0.4) is 0 Å². The first kappa shape index (κ1) is 15.1. The molecule has 1 aliphatic carbocycles. The highest BCUT2D eigenvalue weighted by Crippen LogP contribution is 2.41. The lowest BCUT2D eigenvalue weighted by molar-refractivity contribution is -0.150. The summed E-state index contributed by atoms with van der Waals surface area (Å²) >= 11 is 0. The van der Waals surface area contributed by atoms with Crippen molar-refractivity contribution in [2.24, 2.45) is 5.92 Å². The summed E-state index contributed by atoms with van der Waals surface area (Å²) in [6.07, 6.45) is 4.87. The molecule has 4 heteroatoms. The summed E-state index contributed by atoms with van der Waals surface area (Å²) in [4.78, 5) is 26.3. The number of amides is 1. The quantitative estimate of drug-likeness (QED) is 0.933. The van der Waals surface area contributed by atoms with E-state index in [1.807, 2.05) is 37.3 Å². The monoisotopic (exact) mass is 301 g/mol. The fraction of sp³-hybridized carbons (Fsp3) is 0.556. The number of carbonyl (C=O) groups excluding carboxylic acids is 1. The van der Waals surface area contributed by atoms with E-state index in [0.717, 1.165) is 31.2 Å². The number of aliphatic carboxylic acids is 1. The van der Waals surface area contributed by atoms with Crippen LogP contribution >= 0.6 is 0 Å². The molecule has 1 heterocycles. The Balaban J connectivity index is 1.86. The molecule has 1 saturated heterocycles. The van der Waals surface area contributed by atoms with Crippen molar-refractivity contribution >= 4 is 11.9 Å². The molecule has 1 saturated carbocycles. The van der Waals surface area contributed by atoms with Crippen molar-refractivity contribution in [3.63, 3.8) is 0 Å². The van der Waals surface area contributed by atoms with Crippen LogP contribution in [-0.2, 0) is 9.59 Å². The number of rotatable bonds is 3. The first-order valence-corrected chi connectivity index (χ1v) is 8.19. The SMILES string of the molecule is CC(C(=O)N1C(C(=O)O)CC2CCCCC21)c1ccccc1. The second-order valence-corrected chi connectivity index (χ2v) is 6.58. The molecule has 4 atom stereocenters. The Bertz CT molecular complexity index is 557. The van der Waals surface area contributed by atoms with Gasteiger partial charge >= 0.3 is 5.97 Å². The first-order valence-electron chi connectivity index (χ1n) is 8.19. The number of carbonyl (C=O) groups is 2. The first-order chi connectivity index (χ1) is 10.6. The van der Waals surface area contributed by atoms with Crippen molar-refractivity contribution in [3.05, 3.63) is 35.9 Å². The van der Waals surface area contributed by atoms with Crippen LogP contribution in [-0.4, -0.2) is 34.0 Å². The minimum atomic E-state index is -0.858. The molecule has 4 unspecified atom stereocenters. The average molecular weight is 301 g/mol. The standard InChI is InChI=1S/C18H23NO3/c1-12(13-7-3-2-4-8-13)17(20)19-15-10-6-5-9-14(15)11-16(19)18(21)22/h2-4,7-8,12,14-16H,5-6,9-11H2,1H3,(H,21,22). The summed E-state index contributed by atoms with van der Waals surface area (Å²) in [5, 5.41) is 9.54. The highest BCUT2D eigenvalue weighted by atomic mass is 16.4. The van der Waals surface area contributed by atoms with Crippen molar-refractivity contribution in [1.29, 1.82) is 0 Å². The van der Waals surface area contributed by atoms with E-state index in [9.17, 15) is 14.7 Å². The van der Waals surface area contributed by atoms with Crippen molar-refractivity contribution in [2.45, 2.75) is 57.0 Å². The number of likely N-dealkylation sites (tertiary alicyclic amines) is 1. The second kappa shape index (κ2) is 6.11. The van der Waals surface area contributed by atoms with Crippen LogP contribution in [0, 0.1) is 5.92 Å². The molecule has 0 bridgehead atoms. The number of nitrogens with zero attached hydrogens (tertiary/aromatic N) is 1. The van der Waals surface area contributed by atoms with Gasteiger partial charge in [0.25, 0.3) is 0 Å². The molecule has 1 aromatic carbocycles. The Morgan fingerprint density at radius 1 is 1.18 bits per heavy atom. The zero-order valence-corrected chi connectivity index (χ0v) is 12.9. The molecular formula is C18H23NO3. The minimum absolute atomic E-state index is 0.0343. The van der Waals surface area contributed by atoms with Crippen molar-refractivity contribution in [1.82, 2.24) is 4.90 Å². The Labute approximate surface area is 131 Å². The van der Waals surface area contributed by atoms with Gasteiger partial charge in [0.15, 0.2) is 0 Å². The van der Waals surface area contributed by atoms with E-state index in [0.29, 0.717) is 12.3 Å². The molecule has 1 aromatic rings. The van der Waals surface area contributed by atoms with Crippen LogP contribution in [0.1, 0.15) is 50.5 Å². The molecule has 0 aromatic heterocycles. The van der Waals surface area contributed by atoms with Crippen LogP contribution in [0.15, 0.2) is 30.3 Å². The normalized spacial score (nSPS) is 29.0. The summed E-state index contributed by atoms with van der Waals surface area (Å²) in [7, 11) is 0. The van der Waals surface area contributed by atoms with Crippen LogP contribution in [0.4, 0.5) is 0 Å². The molecule has 2 fully saturated rings. The van der Waals surface area contributed by atoms with E-state index in [1.165, 1.54) is 0 Å². The molecule has 118 valence electrons. The van der Waals surface area contributed by atoms with Gasteiger partial charge in [-0.1, -0.05) is 43.2 Å². The summed E-state index contributed by atoms with van der Waals surface area (Å²) in [5.41, 5.74) is 0.955. The molecule has 0 spiro atoms. The van der Waals surface area contributed by atoms with Gasteiger partial charge in [-0.2, -0.15) is 0 Å². The largest absolute Gasteiger partial charge is 0.480 e. The van der Waals surface area contributed by atoms with Gasteiger partial charge in [0.1, 0.15) is 6.04 Å². The minimum Gasteiger partial charge on any atom is -0.480 e. The molecular weight excluding hydrogens is 278 g/mol. The van der Waals surface area contributed by atoms with Crippen LogP contribution in [0.25, 0.3) is 0 Å². The highest BCUT2D eigenvalue weighted by molar-refractivity contribution is 5.89. The third kappa shape index (κ3) is 2.62. The van der Waals surface area contributed by atoms with Gasteiger partial charge in [-0.05, 0) is 37.7 Å². The zero-order chi connectivity index (χ0) is 15.7. The molecule has 1 aliphatic heterocycles. The number of carboxylic acid groups (broad SMARTS) is 1. The van der Waals surface area contributed by atoms with Gasteiger partial charge in [-0.3, -0.25) is 4.79 Å². The molecule has 1 amide bonds. The zero-order valence-electron chi connectivity index (χ0n) is 12.9. The third-order valence-electron chi connectivity index (χ3n) is 5.30. The molecule has 22 heavy (non-hydrogen) atoms. The number of hydrogen-bond donors (Lipinski definition) is 1. The topological polar surface area (TPSA) is 57.6 Å². The van der Waals surface area contributed by atoms with Gasteiger partial charge in [0, 0.05) is 6.04 Å². The van der Waals surface area contributed by atoms with E-state index >= 15 is 0 Å². The third-order valence-corrected chi connectivity index (χ3v) is 5.30. The van der Waals surface area contributed by atoms with E-state index < -0.39 is 12.0 Å². The maximum Gasteiger partial charge on any atom is 0.326 e. The van der Waals surface area contributed by atoms with Gasteiger partial charge < -0.3 is 10.0 Å². The Morgan fingerprint density at radius 2 is 1.86 bits per heavy atom. The van der Waals surface area contributed by atoms with E-state index in [4.69, 9.17) is 0 Å². The number of fused-ring (bicyclic) bond motifs is 1. The smallest absolute Gasteiger partial charge is 0.326 e. The summed E-state index contributed by atoms with van der Waals surface area (Å²) in [5.74, 6) is -0.818. The fourth-order valence-corrected chi connectivity index (χ4v) is 4.11. The number of hydrogen-bond acceptors (Lipinski definition) is 2. The van der Waals surface area contributed by atoms with E-state index in [-0.39, 0.29) is 17.9 Å². The Kier molecular flexibility index (Phi) is 4.19. The highest BCUT2D eigenvalue weighted by Gasteiger charge is 2.48. The summed E-state index contributed by atoms with van der Waals surface area (Å²) in [6, 6.07) is 9.11. The molecule has 4 nitrogen and oxygen atoms in total. The summed E-state index contributed by atoms with van der Waals surface area (Å²) < 4.78 is 0. The number of carboxylic acids is 1. The number of benzene rings is 1. The second-order valence-electron chi connectivity index (χ2n) is 6.58. The fourth-order valence-electron chi connectivity index (χ4n) is 4.11. The lowest BCUT2D eigenvalue weighted by Crippen LogP contribution is -2.47. The Morgan fingerprint density at radius 3 is 2.55 bits per heavy atom. The van der Waals surface area contributed by atoms with Gasteiger partial charge in [0.05, 0.1) is 5.92 Å². The molecule has 3 rings (SSSR count). The van der Waals surface area contributed by atoms with Crippen LogP contribution in [0.2, 0.25) is 0 Å². The van der Waals surface area contributed by atoms with E-state index in [1.54, 1.807) is 4.90 Å². The lowest BCUT2D eigenvalue weighted by atomic mass is 9.84. The van der Waals surface area contributed by atoms with Gasteiger partial charge in [-0.15, -0.1) is 0 Å².